The fourth-order valence-corrected chi connectivity index (χ4v) is 3.33. The van der Waals surface area contributed by atoms with Crippen LogP contribution in [0, 0.1) is 5.92 Å². The zero-order valence-electron chi connectivity index (χ0n) is 10.4. The number of fused-ring (bicyclic) bond motifs is 1. The van der Waals surface area contributed by atoms with Gasteiger partial charge in [-0.25, -0.2) is 0 Å². The highest BCUT2D eigenvalue weighted by atomic mass is 35.5. The first-order valence-electron chi connectivity index (χ1n) is 6.48. The zero-order chi connectivity index (χ0) is 12.8. The minimum atomic E-state index is -0.418. The SMILES string of the molecule is CC1CCCC2(C1)Nc1ccc(Cl)cc1NC2=O. The third kappa shape index (κ3) is 1.87. The van der Waals surface area contributed by atoms with Gasteiger partial charge in [0, 0.05) is 5.02 Å². The van der Waals surface area contributed by atoms with Crippen LogP contribution in [0.1, 0.15) is 32.6 Å². The van der Waals surface area contributed by atoms with Gasteiger partial charge < -0.3 is 10.6 Å². The van der Waals surface area contributed by atoms with E-state index in [1.165, 1.54) is 6.42 Å². The predicted molar refractivity (Wildman–Crippen MR) is 74.1 cm³/mol. The van der Waals surface area contributed by atoms with Gasteiger partial charge in [0.2, 0.25) is 5.91 Å². The molecule has 2 atom stereocenters. The van der Waals surface area contributed by atoms with Crippen LogP contribution in [-0.4, -0.2) is 11.4 Å². The van der Waals surface area contributed by atoms with Crippen molar-refractivity contribution in [1.29, 1.82) is 0 Å². The summed E-state index contributed by atoms with van der Waals surface area (Å²) < 4.78 is 0. The lowest BCUT2D eigenvalue weighted by atomic mass is 9.75. The Kier molecular flexibility index (Phi) is 2.74. The molecule has 2 N–H and O–H groups in total. The number of hydrogen-bond acceptors (Lipinski definition) is 2. The average Bonchev–Trinajstić information content (AvgIpc) is 2.31. The number of rotatable bonds is 0. The van der Waals surface area contributed by atoms with E-state index in [-0.39, 0.29) is 5.91 Å². The van der Waals surface area contributed by atoms with E-state index >= 15 is 0 Å². The summed E-state index contributed by atoms with van der Waals surface area (Å²) in [6, 6.07) is 5.59. The van der Waals surface area contributed by atoms with E-state index in [1.54, 1.807) is 6.07 Å². The molecule has 1 saturated carbocycles. The summed E-state index contributed by atoms with van der Waals surface area (Å²) in [5, 5.41) is 7.09. The summed E-state index contributed by atoms with van der Waals surface area (Å²) in [6.45, 7) is 2.22. The Bertz CT molecular complexity index is 503. The molecule has 1 heterocycles. The van der Waals surface area contributed by atoms with Crippen molar-refractivity contribution in [1.82, 2.24) is 0 Å². The molecule has 4 heteroatoms. The first-order chi connectivity index (χ1) is 8.59. The molecule has 1 spiro atoms. The Labute approximate surface area is 112 Å². The summed E-state index contributed by atoms with van der Waals surface area (Å²) in [5.74, 6) is 0.676. The molecule has 0 aromatic heterocycles. The van der Waals surface area contributed by atoms with Gasteiger partial charge in [0.25, 0.3) is 0 Å². The Hall–Kier alpha value is -1.22. The Balaban J connectivity index is 1.96. The minimum Gasteiger partial charge on any atom is -0.370 e. The van der Waals surface area contributed by atoms with Crippen molar-refractivity contribution in [2.45, 2.75) is 38.1 Å². The van der Waals surface area contributed by atoms with Crippen LogP contribution in [0.25, 0.3) is 0 Å². The number of carbonyl (C=O) groups excluding carboxylic acids is 1. The second-order valence-corrected chi connectivity index (χ2v) is 5.99. The highest BCUT2D eigenvalue weighted by molar-refractivity contribution is 6.31. The van der Waals surface area contributed by atoms with E-state index in [1.807, 2.05) is 12.1 Å². The highest BCUT2D eigenvalue weighted by Crippen LogP contribution is 2.41. The van der Waals surface area contributed by atoms with Crippen LogP contribution in [0.5, 0.6) is 0 Å². The lowest BCUT2D eigenvalue weighted by Crippen LogP contribution is -2.54. The van der Waals surface area contributed by atoms with Crippen LogP contribution in [0.2, 0.25) is 5.02 Å². The molecule has 1 fully saturated rings. The molecule has 18 heavy (non-hydrogen) atoms. The summed E-state index contributed by atoms with van der Waals surface area (Å²) in [6.07, 6.45) is 4.13. The van der Waals surface area contributed by atoms with Crippen LogP contribution >= 0.6 is 11.6 Å². The van der Waals surface area contributed by atoms with E-state index in [0.717, 1.165) is 30.6 Å². The van der Waals surface area contributed by atoms with Gasteiger partial charge in [-0.15, -0.1) is 0 Å². The number of hydrogen-bond donors (Lipinski definition) is 2. The molecule has 1 aromatic carbocycles. The van der Waals surface area contributed by atoms with Gasteiger partial charge in [-0.1, -0.05) is 31.4 Å². The topological polar surface area (TPSA) is 41.1 Å². The molecule has 3 rings (SSSR count). The molecule has 1 aromatic rings. The molecule has 0 saturated heterocycles. The van der Waals surface area contributed by atoms with Gasteiger partial charge in [0.05, 0.1) is 11.4 Å². The number of anilines is 2. The number of carbonyl (C=O) groups is 1. The second-order valence-electron chi connectivity index (χ2n) is 5.55. The molecule has 96 valence electrons. The zero-order valence-corrected chi connectivity index (χ0v) is 11.2. The maximum atomic E-state index is 12.4. The van der Waals surface area contributed by atoms with Gasteiger partial charge in [-0.05, 0) is 37.0 Å². The van der Waals surface area contributed by atoms with Crippen LogP contribution in [0.3, 0.4) is 0 Å². The van der Waals surface area contributed by atoms with Crippen molar-refractivity contribution < 1.29 is 4.79 Å². The second kappa shape index (κ2) is 4.16. The quantitative estimate of drug-likeness (QED) is 0.751. The summed E-state index contributed by atoms with van der Waals surface area (Å²) >= 11 is 5.95. The fourth-order valence-electron chi connectivity index (χ4n) is 3.16. The fraction of sp³-hybridized carbons (Fsp3) is 0.500. The van der Waals surface area contributed by atoms with Gasteiger partial charge in [0.1, 0.15) is 5.54 Å². The highest BCUT2D eigenvalue weighted by Gasteiger charge is 2.44. The normalized spacial score (nSPS) is 30.6. The Morgan fingerprint density at radius 1 is 1.39 bits per heavy atom. The van der Waals surface area contributed by atoms with Crippen molar-refractivity contribution in [2.24, 2.45) is 5.92 Å². The molecule has 0 bridgehead atoms. The van der Waals surface area contributed by atoms with Gasteiger partial charge in [-0.3, -0.25) is 4.79 Å². The van der Waals surface area contributed by atoms with E-state index in [2.05, 4.69) is 17.6 Å². The largest absolute Gasteiger partial charge is 0.370 e. The Morgan fingerprint density at radius 3 is 3.00 bits per heavy atom. The van der Waals surface area contributed by atoms with E-state index in [0.29, 0.717) is 10.9 Å². The first kappa shape index (κ1) is 11.8. The number of nitrogens with one attached hydrogen (secondary N) is 2. The number of amides is 1. The first-order valence-corrected chi connectivity index (χ1v) is 6.86. The summed E-state index contributed by atoms with van der Waals surface area (Å²) in [4.78, 5) is 12.4. The molecular formula is C14H17ClN2O. The average molecular weight is 265 g/mol. The molecule has 2 unspecified atom stereocenters. The van der Waals surface area contributed by atoms with E-state index < -0.39 is 5.54 Å². The Morgan fingerprint density at radius 2 is 2.22 bits per heavy atom. The third-order valence-electron chi connectivity index (χ3n) is 4.04. The third-order valence-corrected chi connectivity index (χ3v) is 4.27. The van der Waals surface area contributed by atoms with Crippen LogP contribution < -0.4 is 10.6 Å². The molecular weight excluding hydrogens is 248 g/mol. The van der Waals surface area contributed by atoms with Gasteiger partial charge in [0.15, 0.2) is 0 Å². The van der Waals surface area contributed by atoms with Crippen LogP contribution in [-0.2, 0) is 4.79 Å². The van der Waals surface area contributed by atoms with Gasteiger partial charge >= 0.3 is 0 Å². The smallest absolute Gasteiger partial charge is 0.250 e. The number of halogens is 1. The molecule has 1 amide bonds. The maximum absolute atomic E-state index is 12.4. The van der Waals surface area contributed by atoms with E-state index in [9.17, 15) is 4.79 Å². The van der Waals surface area contributed by atoms with E-state index in [4.69, 9.17) is 11.6 Å². The molecule has 2 aliphatic rings. The maximum Gasteiger partial charge on any atom is 0.250 e. The van der Waals surface area contributed by atoms with Crippen molar-refractivity contribution in [3.63, 3.8) is 0 Å². The van der Waals surface area contributed by atoms with Crippen molar-refractivity contribution in [3.8, 4) is 0 Å². The van der Waals surface area contributed by atoms with Crippen LogP contribution in [0.15, 0.2) is 18.2 Å². The van der Waals surface area contributed by atoms with Crippen molar-refractivity contribution in [3.05, 3.63) is 23.2 Å². The lowest BCUT2D eigenvalue weighted by Gasteiger charge is -2.43. The van der Waals surface area contributed by atoms with Gasteiger partial charge in [-0.2, -0.15) is 0 Å². The lowest BCUT2D eigenvalue weighted by molar-refractivity contribution is -0.122. The van der Waals surface area contributed by atoms with Crippen LogP contribution in [0.4, 0.5) is 11.4 Å². The minimum absolute atomic E-state index is 0.0869. The molecule has 1 aliphatic carbocycles. The molecule has 3 nitrogen and oxygen atoms in total. The standard InChI is InChI=1S/C14H17ClN2O/c1-9-3-2-6-14(8-9)13(18)16-12-7-10(15)4-5-11(12)17-14/h4-5,7,9,17H,2-3,6,8H2,1H3,(H,16,18). The number of benzene rings is 1. The van der Waals surface area contributed by atoms with Crippen molar-refractivity contribution >= 4 is 28.9 Å². The monoisotopic (exact) mass is 264 g/mol. The van der Waals surface area contributed by atoms with Crippen molar-refractivity contribution in [2.75, 3.05) is 10.6 Å². The molecule has 0 radical (unpaired) electrons. The summed E-state index contributed by atoms with van der Waals surface area (Å²) in [5.41, 5.74) is 1.35. The molecule has 1 aliphatic heterocycles. The summed E-state index contributed by atoms with van der Waals surface area (Å²) in [7, 11) is 0. The predicted octanol–water partition coefficient (Wildman–Crippen LogP) is 3.65.